The van der Waals surface area contributed by atoms with E-state index in [2.05, 4.69) is 32.9 Å². The van der Waals surface area contributed by atoms with E-state index in [-0.39, 0.29) is 23.4 Å². The van der Waals surface area contributed by atoms with Gasteiger partial charge in [0.05, 0.1) is 12.8 Å². The molecule has 1 aliphatic rings. The standard InChI is InChI=1S/C18H33NO3/c1-6-7-8-9-10-11-12-13-14-15(17(20)21-5)16(22-19-14)18(2,3)4/h15-16H,6-13H2,1-5H3/t15-,16-/m1/s1. The molecule has 4 nitrogen and oxygen atoms in total. The molecule has 0 aromatic rings. The Morgan fingerprint density at radius 3 is 2.27 bits per heavy atom. The Balaban J connectivity index is 2.43. The minimum atomic E-state index is -0.343. The topological polar surface area (TPSA) is 47.9 Å². The predicted octanol–water partition coefficient (Wildman–Crippen LogP) is 4.72. The van der Waals surface area contributed by atoms with E-state index in [0.29, 0.717) is 0 Å². The van der Waals surface area contributed by atoms with Crippen LogP contribution in [0.3, 0.4) is 0 Å². The first-order valence-corrected chi connectivity index (χ1v) is 8.72. The van der Waals surface area contributed by atoms with Gasteiger partial charge in [-0.2, -0.15) is 0 Å². The van der Waals surface area contributed by atoms with Gasteiger partial charge in [-0.1, -0.05) is 71.4 Å². The van der Waals surface area contributed by atoms with E-state index >= 15 is 0 Å². The lowest BCUT2D eigenvalue weighted by atomic mass is 9.79. The summed E-state index contributed by atoms with van der Waals surface area (Å²) < 4.78 is 4.96. The molecule has 0 fully saturated rings. The number of methoxy groups -OCH3 is 1. The van der Waals surface area contributed by atoms with Crippen LogP contribution >= 0.6 is 0 Å². The highest BCUT2D eigenvalue weighted by molar-refractivity contribution is 6.03. The molecule has 4 heteroatoms. The van der Waals surface area contributed by atoms with Gasteiger partial charge in [0, 0.05) is 5.41 Å². The zero-order valence-electron chi connectivity index (χ0n) is 15.0. The van der Waals surface area contributed by atoms with Crippen molar-refractivity contribution in [2.24, 2.45) is 16.5 Å². The Kier molecular flexibility index (Phi) is 7.91. The van der Waals surface area contributed by atoms with Crippen molar-refractivity contribution < 1.29 is 14.4 Å². The van der Waals surface area contributed by atoms with Crippen LogP contribution in [0.5, 0.6) is 0 Å². The molecule has 0 saturated heterocycles. The highest BCUT2D eigenvalue weighted by Crippen LogP contribution is 2.35. The van der Waals surface area contributed by atoms with Gasteiger partial charge >= 0.3 is 5.97 Å². The molecular formula is C18H33NO3. The molecule has 128 valence electrons. The summed E-state index contributed by atoms with van der Waals surface area (Å²) in [7, 11) is 1.44. The lowest BCUT2D eigenvalue weighted by Crippen LogP contribution is -2.40. The van der Waals surface area contributed by atoms with Gasteiger partial charge in [-0.05, 0) is 12.8 Å². The second kappa shape index (κ2) is 9.16. The van der Waals surface area contributed by atoms with Crippen molar-refractivity contribution in [3.63, 3.8) is 0 Å². The molecule has 1 rings (SSSR count). The van der Waals surface area contributed by atoms with Crippen LogP contribution in [0, 0.1) is 11.3 Å². The van der Waals surface area contributed by atoms with Gasteiger partial charge in [0.2, 0.25) is 0 Å². The maximum atomic E-state index is 12.1. The highest BCUT2D eigenvalue weighted by atomic mass is 16.6. The van der Waals surface area contributed by atoms with Crippen LogP contribution < -0.4 is 0 Å². The summed E-state index contributed by atoms with van der Waals surface area (Å²) in [5.41, 5.74) is 0.727. The third-order valence-electron chi connectivity index (χ3n) is 4.29. The number of ether oxygens (including phenoxy) is 1. The van der Waals surface area contributed by atoms with Crippen LogP contribution in [-0.2, 0) is 14.4 Å². The van der Waals surface area contributed by atoms with Crippen LogP contribution in [0.2, 0.25) is 0 Å². The van der Waals surface area contributed by atoms with Gasteiger partial charge in [-0.25, -0.2) is 0 Å². The van der Waals surface area contributed by atoms with Crippen molar-refractivity contribution in [3.8, 4) is 0 Å². The van der Waals surface area contributed by atoms with Crippen LogP contribution in [0.15, 0.2) is 5.16 Å². The summed E-state index contributed by atoms with van der Waals surface area (Å²) >= 11 is 0. The molecular weight excluding hydrogens is 278 g/mol. The van der Waals surface area contributed by atoms with Gasteiger partial charge < -0.3 is 9.57 Å². The number of hydrogen-bond donors (Lipinski definition) is 0. The van der Waals surface area contributed by atoms with Crippen molar-refractivity contribution in [1.29, 1.82) is 0 Å². The van der Waals surface area contributed by atoms with Gasteiger partial charge in [0.25, 0.3) is 0 Å². The number of unbranched alkanes of at least 4 members (excludes halogenated alkanes) is 6. The Hall–Kier alpha value is -1.06. The first-order chi connectivity index (χ1) is 10.4. The van der Waals surface area contributed by atoms with Crippen molar-refractivity contribution >= 4 is 11.7 Å². The molecule has 0 spiro atoms. The minimum Gasteiger partial charge on any atom is -0.468 e. The Morgan fingerprint density at radius 1 is 1.14 bits per heavy atom. The maximum absolute atomic E-state index is 12.1. The molecule has 1 aliphatic heterocycles. The van der Waals surface area contributed by atoms with Gasteiger partial charge in [0.1, 0.15) is 5.92 Å². The van der Waals surface area contributed by atoms with E-state index in [0.717, 1.165) is 18.6 Å². The SMILES string of the molecule is CCCCCCCCCC1=NO[C@@H](C(C)(C)C)[C@@H]1C(=O)OC. The fourth-order valence-corrected chi connectivity index (χ4v) is 2.93. The Morgan fingerprint density at radius 2 is 1.73 bits per heavy atom. The summed E-state index contributed by atoms with van der Waals surface area (Å²) in [6.07, 6.45) is 9.38. The number of carbonyl (C=O) groups excluding carboxylic acids is 1. The number of hydrogen-bond acceptors (Lipinski definition) is 4. The summed E-state index contributed by atoms with van der Waals surface area (Å²) in [4.78, 5) is 17.7. The number of nitrogens with zero attached hydrogens (tertiary/aromatic N) is 1. The summed E-state index contributed by atoms with van der Waals surface area (Å²) in [6.45, 7) is 8.44. The highest BCUT2D eigenvalue weighted by Gasteiger charge is 2.46. The zero-order valence-corrected chi connectivity index (χ0v) is 15.0. The quantitative estimate of drug-likeness (QED) is 0.457. The van der Waals surface area contributed by atoms with E-state index in [4.69, 9.17) is 9.57 Å². The van der Waals surface area contributed by atoms with Crippen LogP contribution in [0.1, 0.15) is 79.1 Å². The zero-order chi connectivity index (χ0) is 16.6. The van der Waals surface area contributed by atoms with E-state index in [1.807, 2.05) is 0 Å². The lowest BCUT2D eigenvalue weighted by molar-refractivity contribution is -0.148. The van der Waals surface area contributed by atoms with E-state index < -0.39 is 0 Å². The van der Waals surface area contributed by atoms with Crippen molar-refractivity contribution in [2.45, 2.75) is 85.2 Å². The molecule has 0 saturated carbocycles. The molecule has 1 heterocycles. The van der Waals surface area contributed by atoms with Crippen molar-refractivity contribution in [3.05, 3.63) is 0 Å². The van der Waals surface area contributed by atoms with E-state index in [9.17, 15) is 4.79 Å². The fourth-order valence-electron chi connectivity index (χ4n) is 2.93. The summed E-state index contributed by atoms with van der Waals surface area (Å²) in [5.74, 6) is -0.566. The number of esters is 1. The summed E-state index contributed by atoms with van der Waals surface area (Å²) in [6, 6.07) is 0. The Bertz CT molecular complexity index is 371. The largest absolute Gasteiger partial charge is 0.468 e. The lowest BCUT2D eigenvalue weighted by Gasteiger charge is -2.28. The van der Waals surface area contributed by atoms with Crippen molar-refractivity contribution in [1.82, 2.24) is 0 Å². The first-order valence-electron chi connectivity index (χ1n) is 8.72. The second-order valence-electron chi connectivity index (χ2n) is 7.35. The molecule has 0 aromatic carbocycles. The maximum Gasteiger partial charge on any atom is 0.318 e. The molecule has 0 aliphatic carbocycles. The van der Waals surface area contributed by atoms with Crippen LogP contribution in [0.4, 0.5) is 0 Å². The molecule has 0 N–H and O–H groups in total. The molecule has 0 amide bonds. The molecule has 0 bridgehead atoms. The van der Waals surface area contributed by atoms with Gasteiger partial charge in [0.15, 0.2) is 6.10 Å². The normalized spacial score (nSPS) is 21.4. The van der Waals surface area contributed by atoms with E-state index in [1.165, 1.54) is 45.6 Å². The predicted molar refractivity (Wildman–Crippen MR) is 89.9 cm³/mol. The third-order valence-corrected chi connectivity index (χ3v) is 4.29. The van der Waals surface area contributed by atoms with Gasteiger partial charge in [-0.15, -0.1) is 0 Å². The number of oxime groups is 1. The number of rotatable bonds is 9. The van der Waals surface area contributed by atoms with E-state index in [1.54, 1.807) is 0 Å². The summed E-state index contributed by atoms with van der Waals surface area (Å²) in [5, 5.41) is 4.20. The fraction of sp³-hybridized carbons (Fsp3) is 0.889. The smallest absolute Gasteiger partial charge is 0.318 e. The molecule has 0 radical (unpaired) electrons. The monoisotopic (exact) mass is 311 g/mol. The van der Waals surface area contributed by atoms with Gasteiger partial charge in [-0.3, -0.25) is 4.79 Å². The molecule has 2 atom stereocenters. The van der Waals surface area contributed by atoms with Crippen LogP contribution in [0.25, 0.3) is 0 Å². The number of carbonyl (C=O) groups is 1. The molecule has 22 heavy (non-hydrogen) atoms. The third kappa shape index (κ3) is 5.62. The Labute approximate surface area is 135 Å². The first kappa shape index (κ1) is 19.0. The average Bonchev–Trinajstić information content (AvgIpc) is 2.89. The molecule has 0 aromatic heterocycles. The van der Waals surface area contributed by atoms with Crippen molar-refractivity contribution in [2.75, 3.05) is 7.11 Å². The minimum absolute atomic E-state index is 0.135. The average molecular weight is 311 g/mol. The molecule has 0 unspecified atom stereocenters. The van der Waals surface area contributed by atoms with Crippen LogP contribution in [-0.4, -0.2) is 24.9 Å². The second-order valence-corrected chi connectivity index (χ2v) is 7.35.